The van der Waals surface area contributed by atoms with Crippen LogP contribution in [0.25, 0.3) is 0 Å². The fourth-order valence-electron chi connectivity index (χ4n) is 3.21. The topological polar surface area (TPSA) is 38.5 Å². The van der Waals surface area contributed by atoms with Gasteiger partial charge in [-0.2, -0.15) is 0 Å². The Morgan fingerprint density at radius 1 is 0.636 bits per heavy atom. The molecule has 0 aromatic heterocycles. The van der Waals surface area contributed by atoms with Crippen molar-refractivity contribution in [3.8, 4) is 0 Å². The third kappa shape index (κ3) is 12.5. The standard InChI is InChI=1S/C20H41NO/c1-2-3-4-5-6-7-8-9-10-11-12-13-14-15-16-17-18-20(21)19-22-20/h2-19,21H2,1H3. The summed E-state index contributed by atoms with van der Waals surface area (Å²) in [4.78, 5) is 0. The average Bonchev–Trinajstić information content (AvgIpc) is 3.25. The van der Waals surface area contributed by atoms with Gasteiger partial charge >= 0.3 is 0 Å². The number of hydrogen-bond acceptors (Lipinski definition) is 2. The average molecular weight is 312 g/mol. The molecule has 0 spiro atoms. The Morgan fingerprint density at radius 3 is 1.27 bits per heavy atom. The monoisotopic (exact) mass is 311 g/mol. The van der Waals surface area contributed by atoms with Crippen LogP contribution in [0.4, 0.5) is 0 Å². The van der Waals surface area contributed by atoms with E-state index in [4.69, 9.17) is 10.5 Å². The van der Waals surface area contributed by atoms with Gasteiger partial charge in [0.2, 0.25) is 0 Å². The maximum Gasteiger partial charge on any atom is 0.140 e. The Balaban J connectivity index is 1.63. The zero-order valence-corrected chi connectivity index (χ0v) is 15.2. The van der Waals surface area contributed by atoms with Gasteiger partial charge in [-0.3, -0.25) is 0 Å². The van der Waals surface area contributed by atoms with Gasteiger partial charge in [0.1, 0.15) is 5.72 Å². The van der Waals surface area contributed by atoms with E-state index < -0.39 is 0 Å². The molecule has 1 heterocycles. The van der Waals surface area contributed by atoms with Gasteiger partial charge in [0.25, 0.3) is 0 Å². The second-order valence-corrected chi connectivity index (χ2v) is 7.41. The fourth-order valence-corrected chi connectivity index (χ4v) is 3.21. The van der Waals surface area contributed by atoms with Crippen molar-refractivity contribution in [2.24, 2.45) is 5.73 Å². The van der Waals surface area contributed by atoms with Crippen molar-refractivity contribution in [3.63, 3.8) is 0 Å². The van der Waals surface area contributed by atoms with E-state index in [1.807, 2.05) is 0 Å². The lowest BCUT2D eigenvalue weighted by atomic mass is 10.0. The minimum Gasteiger partial charge on any atom is -0.354 e. The SMILES string of the molecule is CCCCCCCCCCCCCCCCCCC1(N)CO1. The van der Waals surface area contributed by atoms with Crippen LogP contribution in [0.3, 0.4) is 0 Å². The summed E-state index contributed by atoms with van der Waals surface area (Å²) in [6.07, 6.45) is 23.8. The van der Waals surface area contributed by atoms with Crippen LogP contribution in [0, 0.1) is 0 Å². The van der Waals surface area contributed by atoms with Crippen LogP contribution in [0.1, 0.15) is 116 Å². The molecule has 2 heteroatoms. The van der Waals surface area contributed by atoms with Crippen LogP contribution in [-0.2, 0) is 4.74 Å². The summed E-state index contributed by atoms with van der Waals surface area (Å²) in [6.45, 7) is 3.07. The van der Waals surface area contributed by atoms with Gasteiger partial charge in [-0.15, -0.1) is 0 Å². The first-order valence-corrected chi connectivity index (χ1v) is 10.2. The molecule has 1 aliphatic heterocycles. The van der Waals surface area contributed by atoms with Gasteiger partial charge in [0.15, 0.2) is 0 Å². The van der Waals surface area contributed by atoms with Crippen molar-refractivity contribution >= 4 is 0 Å². The van der Waals surface area contributed by atoms with Crippen LogP contribution >= 0.6 is 0 Å². The molecule has 2 N–H and O–H groups in total. The molecule has 1 aliphatic rings. The second-order valence-electron chi connectivity index (χ2n) is 7.41. The number of epoxide rings is 1. The molecule has 22 heavy (non-hydrogen) atoms. The quantitative estimate of drug-likeness (QED) is 0.252. The van der Waals surface area contributed by atoms with Crippen LogP contribution in [0.15, 0.2) is 0 Å². The van der Waals surface area contributed by atoms with E-state index in [-0.39, 0.29) is 5.72 Å². The maximum absolute atomic E-state index is 5.88. The molecular weight excluding hydrogens is 270 g/mol. The largest absolute Gasteiger partial charge is 0.354 e. The van der Waals surface area contributed by atoms with E-state index in [9.17, 15) is 0 Å². The Bertz CT molecular complexity index is 238. The Labute approximate surface area is 139 Å². The van der Waals surface area contributed by atoms with E-state index in [0.717, 1.165) is 13.0 Å². The maximum atomic E-state index is 5.88. The molecule has 2 nitrogen and oxygen atoms in total. The zero-order valence-electron chi connectivity index (χ0n) is 15.2. The summed E-state index contributed by atoms with van der Waals surface area (Å²) in [5.41, 5.74) is 5.67. The van der Waals surface area contributed by atoms with Gasteiger partial charge in [-0.25, -0.2) is 0 Å². The first-order valence-electron chi connectivity index (χ1n) is 10.2. The lowest BCUT2D eigenvalue weighted by Crippen LogP contribution is -2.23. The molecule has 0 radical (unpaired) electrons. The molecule has 132 valence electrons. The van der Waals surface area contributed by atoms with Crippen LogP contribution in [0.2, 0.25) is 0 Å². The van der Waals surface area contributed by atoms with Gasteiger partial charge in [0.05, 0.1) is 6.61 Å². The number of rotatable bonds is 17. The van der Waals surface area contributed by atoms with E-state index >= 15 is 0 Å². The van der Waals surface area contributed by atoms with Crippen molar-refractivity contribution in [2.45, 2.75) is 122 Å². The molecule has 0 bridgehead atoms. The second kappa shape index (κ2) is 13.4. The smallest absolute Gasteiger partial charge is 0.140 e. The van der Waals surface area contributed by atoms with E-state index in [1.165, 1.54) is 103 Å². The summed E-state index contributed by atoms with van der Waals surface area (Å²) in [7, 11) is 0. The highest BCUT2D eigenvalue weighted by molar-refractivity contribution is 4.84. The van der Waals surface area contributed by atoms with Gasteiger partial charge in [-0.05, 0) is 12.8 Å². The molecule has 1 atom stereocenters. The molecule has 0 amide bonds. The molecule has 1 fully saturated rings. The highest BCUT2D eigenvalue weighted by Crippen LogP contribution is 2.26. The number of ether oxygens (including phenoxy) is 1. The van der Waals surface area contributed by atoms with Crippen molar-refractivity contribution in [1.82, 2.24) is 0 Å². The number of hydrogen-bond donors (Lipinski definition) is 1. The zero-order chi connectivity index (χ0) is 15.9. The molecule has 1 rings (SSSR count). The predicted octanol–water partition coefficient (Wildman–Crippen LogP) is 6.32. The van der Waals surface area contributed by atoms with Crippen molar-refractivity contribution in [3.05, 3.63) is 0 Å². The predicted molar refractivity (Wildman–Crippen MR) is 97.0 cm³/mol. The molecule has 0 aromatic rings. The molecule has 0 saturated carbocycles. The van der Waals surface area contributed by atoms with Crippen LogP contribution in [-0.4, -0.2) is 12.3 Å². The van der Waals surface area contributed by atoms with Crippen molar-refractivity contribution in [1.29, 1.82) is 0 Å². The van der Waals surface area contributed by atoms with E-state index in [1.54, 1.807) is 0 Å². The fraction of sp³-hybridized carbons (Fsp3) is 1.00. The number of unbranched alkanes of at least 4 members (excludes halogenated alkanes) is 15. The van der Waals surface area contributed by atoms with Crippen molar-refractivity contribution in [2.75, 3.05) is 6.61 Å². The summed E-state index contributed by atoms with van der Waals surface area (Å²) in [6, 6.07) is 0. The van der Waals surface area contributed by atoms with E-state index in [0.29, 0.717) is 0 Å². The first-order chi connectivity index (χ1) is 10.8. The minimum atomic E-state index is -0.212. The molecule has 0 aliphatic carbocycles. The summed E-state index contributed by atoms with van der Waals surface area (Å²) in [5, 5.41) is 0. The highest BCUT2D eigenvalue weighted by Gasteiger charge is 2.39. The first kappa shape index (κ1) is 20.0. The normalized spacial score (nSPS) is 20.5. The van der Waals surface area contributed by atoms with Gasteiger partial charge in [-0.1, -0.05) is 103 Å². The van der Waals surface area contributed by atoms with Gasteiger partial charge in [0, 0.05) is 0 Å². The van der Waals surface area contributed by atoms with E-state index in [2.05, 4.69) is 6.92 Å². The highest BCUT2D eigenvalue weighted by atomic mass is 16.6. The van der Waals surface area contributed by atoms with Crippen molar-refractivity contribution < 1.29 is 4.74 Å². The van der Waals surface area contributed by atoms with Crippen LogP contribution < -0.4 is 5.73 Å². The summed E-state index contributed by atoms with van der Waals surface area (Å²) >= 11 is 0. The van der Waals surface area contributed by atoms with Gasteiger partial charge < -0.3 is 10.5 Å². The Morgan fingerprint density at radius 2 is 0.955 bits per heavy atom. The molecular formula is C20H41NO. The summed E-state index contributed by atoms with van der Waals surface area (Å²) < 4.78 is 5.20. The Hall–Kier alpha value is -0.0800. The van der Waals surface area contributed by atoms with Crippen LogP contribution in [0.5, 0.6) is 0 Å². The molecule has 1 saturated heterocycles. The lowest BCUT2D eigenvalue weighted by molar-refractivity contribution is 0.288. The number of nitrogens with two attached hydrogens (primary N) is 1. The summed E-state index contributed by atoms with van der Waals surface area (Å²) in [5.74, 6) is 0. The lowest BCUT2D eigenvalue weighted by Gasteiger charge is -2.05. The third-order valence-electron chi connectivity index (χ3n) is 4.97. The molecule has 0 aromatic carbocycles. The minimum absolute atomic E-state index is 0.212. The molecule has 1 unspecified atom stereocenters. The Kier molecular flexibility index (Phi) is 12.1. The third-order valence-corrected chi connectivity index (χ3v) is 4.97.